The van der Waals surface area contributed by atoms with Gasteiger partial charge in [-0.05, 0) is 43.9 Å². The van der Waals surface area contributed by atoms with E-state index in [9.17, 15) is 13.6 Å². The predicted octanol–water partition coefficient (Wildman–Crippen LogP) is 2.83. The maximum atomic E-state index is 13.9. The molecular weight excluding hydrogens is 236 g/mol. The van der Waals surface area contributed by atoms with Gasteiger partial charge in [0.15, 0.2) is 5.78 Å². The van der Waals surface area contributed by atoms with Gasteiger partial charge in [-0.3, -0.25) is 4.79 Å². The zero-order valence-corrected chi connectivity index (χ0v) is 10.4. The molecule has 98 valence electrons. The van der Waals surface area contributed by atoms with Gasteiger partial charge in [-0.25, -0.2) is 8.78 Å². The van der Waals surface area contributed by atoms with E-state index in [0.29, 0.717) is 18.5 Å². The summed E-state index contributed by atoms with van der Waals surface area (Å²) in [6.07, 6.45) is 2.43. The lowest BCUT2D eigenvalue weighted by molar-refractivity contribution is 0.0884. The average Bonchev–Trinajstić information content (AvgIpc) is 2.82. The quantitative estimate of drug-likeness (QED) is 0.842. The number of benzene rings is 1. The molecule has 0 bridgehead atoms. The standard InChI is InChI=1S/C14H17F2NO/c1-8-5-6-11(15)12(13(8)16)14(18)10-4-2-3-9(10)7-17/h5-6,9-10H,2-4,7,17H2,1H3. The summed E-state index contributed by atoms with van der Waals surface area (Å²) in [6.45, 7) is 1.92. The first-order valence-corrected chi connectivity index (χ1v) is 6.25. The molecular formula is C14H17F2NO. The highest BCUT2D eigenvalue weighted by Crippen LogP contribution is 2.34. The van der Waals surface area contributed by atoms with Crippen LogP contribution in [0.4, 0.5) is 8.78 Å². The molecule has 2 atom stereocenters. The van der Waals surface area contributed by atoms with Gasteiger partial charge in [0.25, 0.3) is 0 Å². The Hall–Kier alpha value is -1.29. The first-order valence-electron chi connectivity index (χ1n) is 6.25. The maximum Gasteiger partial charge on any atom is 0.172 e. The number of hydrogen-bond acceptors (Lipinski definition) is 2. The lowest BCUT2D eigenvalue weighted by atomic mass is 9.87. The van der Waals surface area contributed by atoms with Crippen LogP contribution in [0.25, 0.3) is 0 Å². The zero-order chi connectivity index (χ0) is 13.3. The third kappa shape index (κ3) is 2.17. The summed E-state index contributed by atoms with van der Waals surface area (Å²) in [5, 5.41) is 0. The van der Waals surface area contributed by atoms with Crippen LogP contribution >= 0.6 is 0 Å². The van der Waals surface area contributed by atoms with Crippen LogP contribution in [0.3, 0.4) is 0 Å². The number of ketones is 1. The molecule has 2 nitrogen and oxygen atoms in total. The van der Waals surface area contributed by atoms with Gasteiger partial charge >= 0.3 is 0 Å². The summed E-state index contributed by atoms with van der Waals surface area (Å²) in [5.74, 6) is -2.22. The second-order valence-corrected chi connectivity index (χ2v) is 4.95. The number of Topliss-reactive ketones (excluding diaryl/α,β-unsaturated/α-hetero) is 1. The van der Waals surface area contributed by atoms with Gasteiger partial charge in [0.1, 0.15) is 11.6 Å². The zero-order valence-electron chi connectivity index (χ0n) is 10.4. The van der Waals surface area contributed by atoms with E-state index in [1.807, 2.05) is 0 Å². The molecule has 0 amide bonds. The van der Waals surface area contributed by atoms with Crippen LogP contribution in [0.1, 0.15) is 35.2 Å². The van der Waals surface area contributed by atoms with Crippen molar-refractivity contribution >= 4 is 5.78 Å². The summed E-state index contributed by atoms with van der Waals surface area (Å²) in [6, 6.07) is 2.49. The lowest BCUT2D eigenvalue weighted by Gasteiger charge is -2.17. The highest BCUT2D eigenvalue weighted by Gasteiger charge is 2.35. The Balaban J connectivity index is 2.37. The number of aryl methyl sites for hydroxylation is 1. The van der Waals surface area contributed by atoms with Gasteiger partial charge in [0.2, 0.25) is 0 Å². The molecule has 0 aliphatic heterocycles. The Morgan fingerprint density at radius 2 is 2.11 bits per heavy atom. The monoisotopic (exact) mass is 253 g/mol. The third-order valence-electron chi connectivity index (χ3n) is 3.83. The average molecular weight is 253 g/mol. The van der Waals surface area contributed by atoms with E-state index in [2.05, 4.69) is 0 Å². The van der Waals surface area contributed by atoms with Crippen molar-refractivity contribution in [2.45, 2.75) is 26.2 Å². The maximum absolute atomic E-state index is 13.9. The molecule has 1 fully saturated rings. The fourth-order valence-corrected chi connectivity index (χ4v) is 2.73. The largest absolute Gasteiger partial charge is 0.330 e. The van der Waals surface area contributed by atoms with Crippen molar-refractivity contribution in [2.75, 3.05) is 6.54 Å². The van der Waals surface area contributed by atoms with E-state index in [-0.39, 0.29) is 17.4 Å². The summed E-state index contributed by atoms with van der Waals surface area (Å²) >= 11 is 0. The van der Waals surface area contributed by atoms with E-state index < -0.39 is 17.4 Å². The fourth-order valence-electron chi connectivity index (χ4n) is 2.73. The molecule has 1 aromatic carbocycles. The first-order chi connectivity index (χ1) is 8.56. The topological polar surface area (TPSA) is 43.1 Å². The number of nitrogens with two attached hydrogens (primary N) is 1. The van der Waals surface area contributed by atoms with E-state index in [1.165, 1.54) is 13.0 Å². The molecule has 0 saturated heterocycles. The Morgan fingerprint density at radius 3 is 2.78 bits per heavy atom. The Morgan fingerprint density at radius 1 is 1.39 bits per heavy atom. The summed E-state index contributed by atoms with van der Waals surface area (Å²) in [7, 11) is 0. The number of carbonyl (C=O) groups is 1. The van der Waals surface area contributed by atoms with Gasteiger partial charge in [-0.2, -0.15) is 0 Å². The van der Waals surface area contributed by atoms with E-state index in [4.69, 9.17) is 5.73 Å². The van der Waals surface area contributed by atoms with Crippen molar-refractivity contribution in [2.24, 2.45) is 17.6 Å². The Labute approximate surface area is 105 Å². The highest BCUT2D eigenvalue weighted by molar-refractivity contribution is 5.98. The minimum atomic E-state index is -0.772. The van der Waals surface area contributed by atoms with Crippen molar-refractivity contribution in [3.63, 3.8) is 0 Å². The van der Waals surface area contributed by atoms with E-state index in [1.54, 1.807) is 0 Å². The summed E-state index contributed by atoms with van der Waals surface area (Å²) in [4.78, 5) is 12.3. The minimum absolute atomic E-state index is 0.0526. The molecule has 4 heteroatoms. The normalized spacial score (nSPS) is 23.3. The van der Waals surface area contributed by atoms with Crippen LogP contribution in [0, 0.1) is 30.4 Å². The highest BCUT2D eigenvalue weighted by atomic mass is 19.1. The number of hydrogen-bond donors (Lipinski definition) is 1. The Bertz CT molecular complexity index is 473. The summed E-state index contributed by atoms with van der Waals surface area (Å²) < 4.78 is 27.6. The van der Waals surface area contributed by atoms with E-state index >= 15 is 0 Å². The van der Waals surface area contributed by atoms with Gasteiger partial charge in [0, 0.05) is 5.92 Å². The summed E-state index contributed by atoms with van der Waals surface area (Å²) in [5.41, 5.74) is 5.51. The van der Waals surface area contributed by atoms with Gasteiger partial charge in [-0.15, -0.1) is 0 Å². The van der Waals surface area contributed by atoms with Gasteiger partial charge in [0.05, 0.1) is 5.56 Å². The van der Waals surface area contributed by atoms with Crippen LogP contribution in [0.15, 0.2) is 12.1 Å². The minimum Gasteiger partial charge on any atom is -0.330 e. The third-order valence-corrected chi connectivity index (χ3v) is 3.83. The van der Waals surface area contributed by atoms with Crippen LogP contribution in [-0.2, 0) is 0 Å². The molecule has 1 aliphatic carbocycles. The van der Waals surface area contributed by atoms with Crippen molar-refractivity contribution in [1.29, 1.82) is 0 Å². The Kier molecular flexibility index (Phi) is 3.76. The predicted molar refractivity (Wildman–Crippen MR) is 65.3 cm³/mol. The SMILES string of the molecule is Cc1ccc(F)c(C(=O)C2CCCC2CN)c1F. The van der Waals surface area contributed by atoms with Crippen molar-refractivity contribution in [1.82, 2.24) is 0 Å². The van der Waals surface area contributed by atoms with Crippen LogP contribution in [0.2, 0.25) is 0 Å². The molecule has 1 aromatic rings. The molecule has 0 radical (unpaired) electrons. The van der Waals surface area contributed by atoms with Crippen molar-refractivity contribution in [3.05, 3.63) is 34.9 Å². The van der Waals surface area contributed by atoms with Crippen molar-refractivity contribution in [3.8, 4) is 0 Å². The lowest BCUT2D eigenvalue weighted by Crippen LogP contribution is -2.26. The van der Waals surface area contributed by atoms with Gasteiger partial charge in [-0.1, -0.05) is 12.5 Å². The number of halogens is 2. The smallest absolute Gasteiger partial charge is 0.172 e. The van der Waals surface area contributed by atoms with Gasteiger partial charge < -0.3 is 5.73 Å². The number of rotatable bonds is 3. The molecule has 2 rings (SSSR count). The molecule has 18 heavy (non-hydrogen) atoms. The molecule has 2 N–H and O–H groups in total. The fraction of sp³-hybridized carbons (Fsp3) is 0.500. The van der Waals surface area contributed by atoms with Crippen LogP contribution < -0.4 is 5.73 Å². The molecule has 0 spiro atoms. The van der Waals surface area contributed by atoms with Crippen LogP contribution in [-0.4, -0.2) is 12.3 Å². The molecule has 1 saturated carbocycles. The van der Waals surface area contributed by atoms with Crippen molar-refractivity contribution < 1.29 is 13.6 Å². The number of carbonyl (C=O) groups excluding carboxylic acids is 1. The van der Waals surface area contributed by atoms with Crippen LogP contribution in [0.5, 0.6) is 0 Å². The molecule has 0 heterocycles. The second-order valence-electron chi connectivity index (χ2n) is 4.95. The van der Waals surface area contributed by atoms with E-state index in [0.717, 1.165) is 18.9 Å². The molecule has 2 unspecified atom stereocenters. The molecule has 1 aliphatic rings. The first kappa shape index (κ1) is 13.1. The second kappa shape index (κ2) is 5.14. The molecule has 0 aromatic heterocycles.